The maximum absolute atomic E-state index is 13.1. The molecule has 1 aromatic carbocycles. The van der Waals surface area contributed by atoms with Crippen LogP contribution >= 0.6 is 0 Å². The molecule has 1 aromatic rings. The summed E-state index contributed by atoms with van der Waals surface area (Å²) < 4.78 is 17.6. The summed E-state index contributed by atoms with van der Waals surface area (Å²) in [6.07, 6.45) is 2.89. The predicted octanol–water partition coefficient (Wildman–Crippen LogP) is 4.93. The van der Waals surface area contributed by atoms with Crippen molar-refractivity contribution in [3.05, 3.63) is 59.7 Å². The van der Waals surface area contributed by atoms with Crippen molar-refractivity contribution in [1.82, 2.24) is 0 Å². The molecule has 0 unspecified atom stereocenters. The molecule has 1 saturated heterocycles. The Bertz CT molecular complexity index is 810. The Balaban J connectivity index is 1.81. The molecule has 3 rings (SSSR count). The van der Waals surface area contributed by atoms with E-state index in [4.69, 9.17) is 14.2 Å². The van der Waals surface area contributed by atoms with Gasteiger partial charge in [0, 0.05) is 18.4 Å². The average Bonchev–Trinajstić information content (AvgIpc) is 3.01. The summed E-state index contributed by atoms with van der Waals surface area (Å²) in [6, 6.07) is 8.94. The summed E-state index contributed by atoms with van der Waals surface area (Å²) >= 11 is 0. The molecule has 1 aliphatic carbocycles. The van der Waals surface area contributed by atoms with E-state index in [9.17, 15) is 9.59 Å². The van der Waals surface area contributed by atoms with Crippen LogP contribution in [0.25, 0.3) is 0 Å². The molecule has 0 spiro atoms. The van der Waals surface area contributed by atoms with E-state index in [2.05, 4.69) is 33.4 Å². The highest BCUT2D eigenvalue weighted by Crippen LogP contribution is 2.42. The van der Waals surface area contributed by atoms with E-state index in [0.717, 1.165) is 18.4 Å². The van der Waals surface area contributed by atoms with Crippen LogP contribution in [0.15, 0.2) is 54.1 Å². The second-order valence-corrected chi connectivity index (χ2v) is 8.76. The summed E-state index contributed by atoms with van der Waals surface area (Å²) in [4.78, 5) is 24.7. The number of rotatable bonds is 7. The molecule has 2 aliphatic rings. The summed E-state index contributed by atoms with van der Waals surface area (Å²) in [5, 5.41) is 0. The van der Waals surface area contributed by atoms with E-state index in [0.29, 0.717) is 17.9 Å². The van der Waals surface area contributed by atoms with Gasteiger partial charge < -0.3 is 14.2 Å². The van der Waals surface area contributed by atoms with Gasteiger partial charge in [-0.3, -0.25) is 4.79 Å². The lowest BCUT2D eigenvalue weighted by molar-refractivity contribution is -0.176. The maximum Gasteiger partial charge on any atom is 0.352 e. The number of hydrogen-bond donors (Lipinski definition) is 0. The minimum atomic E-state index is -1.10. The SMILES string of the molecule is C=C1[C@H]2CCC(C)=C[C@H]2O[C@@H]1[C@@H](CC(C)C)OC(=O)[C@@H](OC(C)=O)c1ccccc1. The van der Waals surface area contributed by atoms with E-state index in [1.165, 1.54) is 12.5 Å². The molecule has 5 atom stereocenters. The molecule has 162 valence electrons. The first-order chi connectivity index (χ1) is 14.3. The largest absolute Gasteiger partial charge is 0.456 e. The zero-order valence-corrected chi connectivity index (χ0v) is 18.3. The molecule has 0 saturated carbocycles. The van der Waals surface area contributed by atoms with Gasteiger partial charge in [0.15, 0.2) is 0 Å². The third kappa shape index (κ3) is 5.20. The molecule has 5 heteroatoms. The molecule has 0 N–H and O–H groups in total. The van der Waals surface area contributed by atoms with Crippen LogP contribution in [0, 0.1) is 11.8 Å². The standard InChI is InChI=1S/C25H32O5/c1-15(2)13-22(23-17(4)20-12-11-16(3)14-21(20)29-23)30-25(27)24(28-18(5)26)19-9-7-6-8-10-19/h6-10,14-15,20-24H,4,11-13H2,1-3,5H3/t20-,21-,22-,23+,24+/m1/s1. The van der Waals surface area contributed by atoms with Crippen LogP contribution in [0.4, 0.5) is 0 Å². The van der Waals surface area contributed by atoms with Gasteiger partial charge in [-0.2, -0.15) is 0 Å². The van der Waals surface area contributed by atoms with Gasteiger partial charge in [-0.1, -0.05) is 62.4 Å². The molecule has 1 heterocycles. The predicted molar refractivity (Wildman–Crippen MR) is 115 cm³/mol. The third-order valence-electron chi connectivity index (χ3n) is 5.75. The van der Waals surface area contributed by atoms with Crippen LogP contribution in [0.3, 0.4) is 0 Å². The minimum absolute atomic E-state index is 0.0111. The van der Waals surface area contributed by atoms with Crippen LogP contribution < -0.4 is 0 Å². The van der Waals surface area contributed by atoms with Gasteiger partial charge in [0.05, 0.1) is 6.10 Å². The number of allylic oxidation sites excluding steroid dienone is 1. The smallest absolute Gasteiger partial charge is 0.352 e. The zero-order chi connectivity index (χ0) is 21.8. The Morgan fingerprint density at radius 1 is 1.20 bits per heavy atom. The molecule has 30 heavy (non-hydrogen) atoms. The molecule has 0 amide bonds. The molecule has 0 radical (unpaired) electrons. The number of benzene rings is 1. The maximum atomic E-state index is 13.1. The lowest BCUT2D eigenvalue weighted by Gasteiger charge is -2.28. The number of esters is 2. The number of fused-ring (bicyclic) bond motifs is 1. The van der Waals surface area contributed by atoms with Crippen LogP contribution in [-0.4, -0.2) is 30.3 Å². The van der Waals surface area contributed by atoms with Crippen LogP contribution in [-0.2, 0) is 23.8 Å². The van der Waals surface area contributed by atoms with Crippen LogP contribution in [0.1, 0.15) is 58.6 Å². The Labute approximate surface area is 179 Å². The van der Waals surface area contributed by atoms with Crippen molar-refractivity contribution in [2.24, 2.45) is 11.8 Å². The minimum Gasteiger partial charge on any atom is -0.456 e. The van der Waals surface area contributed by atoms with Gasteiger partial charge in [-0.05, 0) is 37.7 Å². The van der Waals surface area contributed by atoms with Gasteiger partial charge in [0.1, 0.15) is 12.2 Å². The summed E-state index contributed by atoms with van der Waals surface area (Å²) in [5.41, 5.74) is 2.89. The van der Waals surface area contributed by atoms with E-state index < -0.39 is 24.1 Å². The molecule has 0 aromatic heterocycles. The van der Waals surface area contributed by atoms with Crippen molar-refractivity contribution in [1.29, 1.82) is 0 Å². The highest BCUT2D eigenvalue weighted by Gasteiger charge is 2.44. The Hall–Kier alpha value is -2.40. The van der Waals surface area contributed by atoms with Crippen molar-refractivity contribution in [2.45, 2.75) is 71.4 Å². The fourth-order valence-corrected chi connectivity index (χ4v) is 4.31. The zero-order valence-electron chi connectivity index (χ0n) is 18.3. The summed E-state index contributed by atoms with van der Waals surface area (Å²) in [5.74, 6) is -0.567. The average molecular weight is 413 g/mol. The van der Waals surface area contributed by atoms with E-state index in [-0.39, 0.29) is 18.1 Å². The second kappa shape index (κ2) is 9.61. The first kappa shape index (κ1) is 22.3. The fraction of sp³-hybridized carbons (Fsp3) is 0.520. The fourth-order valence-electron chi connectivity index (χ4n) is 4.31. The van der Waals surface area contributed by atoms with Gasteiger partial charge in [-0.15, -0.1) is 0 Å². The van der Waals surface area contributed by atoms with Crippen molar-refractivity contribution < 1.29 is 23.8 Å². The molecular formula is C25H32O5. The van der Waals surface area contributed by atoms with Crippen molar-refractivity contribution in [3.63, 3.8) is 0 Å². The highest BCUT2D eigenvalue weighted by molar-refractivity contribution is 5.80. The quantitative estimate of drug-likeness (QED) is 0.469. The first-order valence-corrected chi connectivity index (χ1v) is 10.7. The van der Waals surface area contributed by atoms with Crippen LogP contribution in [0.5, 0.6) is 0 Å². The number of carbonyl (C=O) groups excluding carboxylic acids is 2. The number of ether oxygens (including phenoxy) is 3. The van der Waals surface area contributed by atoms with E-state index in [1.807, 2.05) is 6.07 Å². The number of carbonyl (C=O) groups is 2. The van der Waals surface area contributed by atoms with E-state index >= 15 is 0 Å². The van der Waals surface area contributed by atoms with Gasteiger partial charge in [0.25, 0.3) is 0 Å². The molecule has 1 fully saturated rings. The monoisotopic (exact) mass is 412 g/mol. The Morgan fingerprint density at radius 2 is 1.90 bits per heavy atom. The van der Waals surface area contributed by atoms with E-state index in [1.54, 1.807) is 24.3 Å². The molecule has 0 bridgehead atoms. The second-order valence-electron chi connectivity index (χ2n) is 8.76. The van der Waals surface area contributed by atoms with Gasteiger partial charge >= 0.3 is 11.9 Å². The lowest BCUT2D eigenvalue weighted by atomic mass is 9.82. The van der Waals surface area contributed by atoms with Crippen molar-refractivity contribution in [3.8, 4) is 0 Å². The van der Waals surface area contributed by atoms with Crippen molar-refractivity contribution >= 4 is 11.9 Å². The lowest BCUT2D eigenvalue weighted by Crippen LogP contribution is -2.36. The molecule has 5 nitrogen and oxygen atoms in total. The normalized spacial score (nSPS) is 25.3. The Morgan fingerprint density at radius 3 is 2.53 bits per heavy atom. The molecular weight excluding hydrogens is 380 g/mol. The van der Waals surface area contributed by atoms with Gasteiger partial charge in [0.2, 0.25) is 6.10 Å². The van der Waals surface area contributed by atoms with Crippen molar-refractivity contribution in [2.75, 3.05) is 0 Å². The Kier molecular flexibility index (Phi) is 7.14. The first-order valence-electron chi connectivity index (χ1n) is 10.7. The number of hydrogen-bond acceptors (Lipinski definition) is 5. The van der Waals surface area contributed by atoms with Gasteiger partial charge in [-0.25, -0.2) is 4.79 Å². The topological polar surface area (TPSA) is 61.8 Å². The van der Waals surface area contributed by atoms with Crippen LogP contribution in [0.2, 0.25) is 0 Å². The summed E-state index contributed by atoms with van der Waals surface area (Å²) in [6.45, 7) is 11.9. The molecule has 1 aliphatic heterocycles. The highest BCUT2D eigenvalue weighted by atomic mass is 16.6. The summed E-state index contributed by atoms with van der Waals surface area (Å²) in [7, 11) is 0. The third-order valence-corrected chi connectivity index (χ3v) is 5.75.